The summed E-state index contributed by atoms with van der Waals surface area (Å²) in [4.78, 5) is 4.44. The number of pyridine rings is 1. The number of nitrogens with zero attached hydrogens (tertiary/aromatic N) is 1. The Morgan fingerprint density at radius 1 is 1.24 bits per heavy atom. The molecule has 0 unspecified atom stereocenters. The Labute approximate surface area is 129 Å². The molecule has 5 nitrogen and oxygen atoms in total. The third-order valence-corrected chi connectivity index (χ3v) is 4.65. The lowest BCUT2D eigenvalue weighted by Crippen LogP contribution is -2.16. The smallest absolute Gasteiger partial charge is 0.263 e. The van der Waals surface area contributed by atoms with Crippen molar-refractivity contribution in [2.45, 2.75) is 18.7 Å². The Bertz CT molecular complexity index is 784. The standard InChI is InChI=1S/C14H15N3O2S2/c1-9-3-6-13(16-8-9)17-21(18,19)12-5-4-11(14(15)20)7-10(12)2/h3-8H,1-2H3,(H2,15,20)(H,16,17). The van der Waals surface area contributed by atoms with Crippen LogP contribution in [-0.4, -0.2) is 18.4 Å². The number of aromatic nitrogens is 1. The van der Waals surface area contributed by atoms with Crippen molar-refractivity contribution < 1.29 is 8.42 Å². The molecule has 0 atom stereocenters. The van der Waals surface area contributed by atoms with E-state index in [0.29, 0.717) is 11.1 Å². The van der Waals surface area contributed by atoms with Crippen LogP contribution in [0.4, 0.5) is 5.82 Å². The van der Waals surface area contributed by atoms with Gasteiger partial charge in [-0.15, -0.1) is 0 Å². The third-order valence-electron chi connectivity index (χ3n) is 2.90. The number of benzene rings is 1. The van der Waals surface area contributed by atoms with E-state index in [-0.39, 0.29) is 15.7 Å². The summed E-state index contributed by atoms with van der Waals surface area (Å²) in [6, 6.07) is 8.13. The fourth-order valence-electron chi connectivity index (χ4n) is 1.83. The van der Waals surface area contributed by atoms with Gasteiger partial charge in [0, 0.05) is 11.8 Å². The van der Waals surface area contributed by atoms with Crippen molar-refractivity contribution in [3.8, 4) is 0 Å². The fraction of sp³-hybridized carbons (Fsp3) is 0.143. The average Bonchev–Trinajstić information content (AvgIpc) is 2.40. The summed E-state index contributed by atoms with van der Waals surface area (Å²) in [5.74, 6) is 0.276. The zero-order valence-electron chi connectivity index (χ0n) is 11.6. The van der Waals surface area contributed by atoms with Crippen molar-refractivity contribution in [1.29, 1.82) is 0 Å². The number of hydrogen-bond donors (Lipinski definition) is 2. The Morgan fingerprint density at radius 3 is 2.48 bits per heavy atom. The zero-order chi connectivity index (χ0) is 15.6. The molecule has 21 heavy (non-hydrogen) atoms. The largest absolute Gasteiger partial charge is 0.389 e. The molecule has 0 radical (unpaired) electrons. The van der Waals surface area contributed by atoms with Gasteiger partial charge < -0.3 is 5.73 Å². The van der Waals surface area contributed by atoms with Crippen molar-refractivity contribution in [3.05, 3.63) is 53.2 Å². The average molecular weight is 321 g/mol. The van der Waals surface area contributed by atoms with Gasteiger partial charge in [0.2, 0.25) is 0 Å². The van der Waals surface area contributed by atoms with Crippen LogP contribution < -0.4 is 10.5 Å². The molecule has 1 heterocycles. The van der Waals surface area contributed by atoms with E-state index in [1.807, 2.05) is 6.92 Å². The summed E-state index contributed by atoms with van der Waals surface area (Å²) < 4.78 is 27.2. The number of anilines is 1. The molecule has 0 amide bonds. The molecule has 3 N–H and O–H groups in total. The molecule has 110 valence electrons. The lowest BCUT2D eigenvalue weighted by atomic mass is 10.1. The molecule has 1 aromatic heterocycles. The van der Waals surface area contributed by atoms with Gasteiger partial charge in [-0.3, -0.25) is 4.72 Å². The van der Waals surface area contributed by atoms with Crippen LogP contribution in [0.3, 0.4) is 0 Å². The fourth-order valence-corrected chi connectivity index (χ4v) is 3.19. The summed E-state index contributed by atoms with van der Waals surface area (Å²) in [7, 11) is -3.70. The monoisotopic (exact) mass is 321 g/mol. The highest BCUT2D eigenvalue weighted by molar-refractivity contribution is 7.92. The number of aryl methyl sites for hydroxylation is 2. The highest BCUT2D eigenvalue weighted by atomic mass is 32.2. The molecular formula is C14H15N3O2S2. The maximum Gasteiger partial charge on any atom is 0.263 e. The van der Waals surface area contributed by atoms with Crippen LogP contribution in [-0.2, 0) is 10.0 Å². The van der Waals surface area contributed by atoms with E-state index in [4.69, 9.17) is 18.0 Å². The van der Waals surface area contributed by atoms with Crippen molar-refractivity contribution in [3.63, 3.8) is 0 Å². The van der Waals surface area contributed by atoms with Crippen molar-refractivity contribution in [2.75, 3.05) is 4.72 Å². The van der Waals surface area contributed by atoms with Gasteiger partial charge in [0.25, 0.3) is 10.0 Å². The van der Waals surface area contributed by atoms with Gasteiger partial charge >= 0.3 is 0 Å². The van der Waals surface area contributed by atoms with Gasteiger partial charge in [-0.2, -0.15) is 0 Å². The molecule has 0 aliphatic rings. The van der Waals surface area contributed by atoms with Crippen molar-refractivity contribution in [2.24, 2.45) is 5.73 Å². The van der Waals surface area contributed by atoms with Crippen molar-refractivity contribution in [1.82, 2.24) is 4.98 Å². The minimum atomic E-state index is -3.70. The number of nitrogens with two attached hydrogens (primary N) is 1. The van der Waals surface area contributed by atoms with Crippen LogP contribution in [0, 0.1) is 13.8 Å². The number of rotatable bonds is 4. The number of nitrogens with one attached hydrogen (secondary N) is 1. The van der Waals surface area contributed by atoms with Gasteiger partial charge in [0.1, 0.15) is 10.8 Å². The maximum atomic E-state index is 12.4. The van der Waals surface area contributed by atoms with E-state index < -0.39 is 10.0 Å². The number of sulfonamides is 1. The molecule has 0 saturated heterocycles. The molecule has 2 rings (SSSR count). The van der Waals surface area contributed by atoms with Crippen LogP contribution in [0.15, 0.2) is 41.4 Å². The summed E-state index contributed by atoms with van der Waals surface area (Å²) in [5.41, 5.74) is 7.69. The molecular weight excluding hydrogens is 306 g/mol. The predicted octanol–water partition coefficient (Wildman–Crippen LogP) is 2.13. The van der Waals surface area contributed by atoms with E-state index in [1.54, 1.807) is 37.4 Å². The molecule has 1 aromatic carbocycles. The molecule has 0 saturated carbocycles. The molecule has 0 aliphatic carbocycles. The molecule has 2 aromatic rings. The second kappa shape index (κ2) is 5.79. The Hall–Kier alpha value is -1.99. The summed E-state index contributed by atoms with van der Waals surface area (Å²) in [5, 5.41) is 0. The van der Waals surface area contributed by atoms with Crippen LogP contribution in [0.1, 0.15) is 16.7 Å². The normalized spacial score (nSPS) is 11.1. The molecule has 7 heteroatoms. The van der Waals surface area contributed by atoms with Crippen LogP contribution >= 0.6 is 12.2 Å². The summed E-state index contributed by atoms with van der Waals surface area (Å²) in [6.07, 6.45) is 1.60. The predicted molar refractivity (Wildman–Crippen MR) is 86.8 cm³/mol. The molecule has 0 bridgehead atoms. The second-order valence-electron chi connectivity index (χ2n) is 4.67. The Kier molecular flexibility index (Phi) is 4.24. The maximum absolute atomic E-state index is 12.4. The molecule has 0 fully saturated rings. The van der Waals surface area contributed by atoms with Crippen LogP contribution in [0.5, 0.6) is 0 Å². The highest BCUT2D eigenvalue weighted by Crippen LogP contribution is 2.19. The first-order valence-electron chi connectivity index (χ1n) is 6.15. The van der Waals surface area contributed by atoms with E-state index in [9.17, 15) is 8.42 Å². The van der Waals surface area contributed by atoms with E-state index in [0.717, 1.165) is 5.56 Å². The first-order chi connectivity index (χ1) is 9.79. The lowest BCUT2D eigenvalue weighted by molar-refractivity contribution is 0.600. The van der Waals surface area contributed by atoms with Gasteiger partial charge in [0.05, 0.1) is 4.90 Å². The van der Waals surface area contributed by atoms with E-state index >= 15 is 0 Å². The lowest BCUT2D eigenvalue weighted by Gasteiger charge is -2.11. The van der Waals surface area contributed by atoms with E-state index in [1.165, 1.54) is 6.07 Å². The van der Waals surface area contributed by atoms with Crippen LogP contribution in [0.2, 0.25) is 0 Å². The van der Waals surface area contributed by atoms with Crippen molar-refractivity contribution >= 4 is 33.0 Å². The molecule has 0 spiro atoms. The first kappa shape index (κ1) is 15.4. The number of hydrogen-bond acceptors (Lipinski definition) is 4. The minimum absolute atomic E-state index is 0.171. The van der Waals surface area contributed by atoms with Gasteiger partial charge in [-0.05, 0) is 43.2 Å². The van der Waals surface area contributed by atoms with Gasteiger partial charge in [0.15, 0.2) is 0 Å². The summed E-state index contributed by atoms with van der Waals surface area (Å²) >= 11 is 4.88. The van der Waals surface area contributed by atoms with E-state index in [2.05, 4.69) is 9.71 Å². The topological polar surface area (TPSA) is 85.1 Å². The van der Waals surface area contributed by atoms with Gasteiger partial charge in [-0.25, -0.2) is 13.4 Å². The highest BCUT2D eigenvalue weighted by Gasteiger charge is 2.18. The van der Waals surface area contributed by atoms with Gasteiger partial charge in [-0.1, -0.05) is 24.4 Å². The Morgan fingerprint density at radius 2 is 1.95 bits per heavy atom. The molecule has 0 aliphatic heterocycles. The quantitative estimate of drug-likeness (QED) is 0.843. The number of thiocarbonyl (C=S) groups is 1. The van der Waals surface area contributed by atoms with Crippen LogP contribution in [0.25, 0.3) is 0 Å². The first-order valence-corrected chi connectivity index (χ1v) is 8.04. The third kappa shape index (κ3) is 3.56. The zero-order valence-corrected chi connectivity index (χ0v) is 13.3. The second-order valence-corrected chi connectivity index (χ2v) is 6.76. The SMILES string of the molecule is Cc1ccc(NS(=O)(=O)c2ccc(C(N)=S)cc2C)nc1. The summed E-state index contributed by atoms with van der Waals surface area (Å²) in [6.45, 7) is 3.57. The minimum Gasteiger partial charge on any atom is -0.389 e. The Balaban J connectivity index is 2.35.